The number of nitrogens with two attached hydrogens (primary N) is 1. The Bertz CT molecular complexity index is 590. The number of hydrogen-bond acceptors (Lipinski definition) is 1. The van der Waals surface area contributed by atoms with E-state index in [0.717, 1.165) is 6.42 Å². The highest BCUT2D eigenvalue weighted by Gasteiger charge is 2.10. The highest BCUT2D eigenvalue weighted by molar-refractivity contribution is 6.30. The average molecular weight is 292 g/mol. The van der Waals surface area contributed by atoms with E-state index in [1.807, 2.05) is 0 Å². The molecule has 0 radical (unpaired) electrons. The Balaban J connectivity index is 2.08. The first-order valence-electron chi connectivity index (χ1n) is 6.70. The van der Waals surface area contributed by atoms with E-state index in [0.29, 0.717) is 17.0 Å². The maximum atomic E-state index is 13.7. The van der Waals surface area contributed by atoms with Gasteiger partial charge in [0, 0.05) is 11.1 Å². The predicted octanol–water partition coefficient (Wildman–Crippen LogP) is 4.21. The topological polar surface area (TPSA) is 26.0 Å². The average Bonchev–Trinajstić information content (AvgIpc) is 2.32. The summed E-state index contributed by atoms with van der Waals surface area (Å²) < 4.78 is 13.7. The van der Waals surface area contributed by atoms with Crippen LogP contribution in [0.3, 0.4) is 0 Å². The molecule has 0 fully saturated rings. The maximum Gasteiger partial charge on any atom is 0.126 e. The molecule has 2 aromatic carbocycles. The third-order valence-electron chi connectivity index (χ3n) is 3.27. The third kappa shape index (κ3) is 4.06. The fraction of sp³-hybridized carbons (Fsp3) is 0.294. The van der Waals surface area contributed by atoms with Gasteiger partial charge in [-0.15, -0.1) is 0 Å². The van der Waals surface area contributed by atoms with Crippen molar-refractivity contribution in [3.8, 4) is 0 Å². The molecule has 0 aliphatic heterocycles. The van der Waals surface area contributed by atoms with E-state index in [1.54, 1.807) is 12.1 Å². The van der Waals surface area contributed by atoms with Crippen molar-refractivity contribution in [2.75, 3.05) is 0 Å². The lowest BCUT2D eigenvalue weighted by Crippen LogP contribution is -2.26. The largest absolute Gasteiger partial charge is 0.327 e. The second-order valence-electron chi connectivity index (χ2n) is 5.40. The minimum Gasteiger partial charge on any atom is -0.327 e. The number of hydrogen-bond donors (Lipinski definition) is 1. The molecule has 0 heterocycles. The molecule has 0 spiro atoms. The Morgan fingerprint density at radius 1 is 1.05 bits per heavy atom. The number of rotatable bonds is 4. The Morgan fingerprint density at radius 3 is 2.35 bits per heavy atom. The third-order valence-corrected chi connectivity index (χ3v) is 3.50. The molecular weight excluding hydrogens is 273 g/mol. The van der Waals surface area contributed by atoms with Crippen molar-refractivity contribution >= 4 is 11.6 Å². The molecule has 3 heteroatoms. The van der Waals surface area contributed by atoms with Crippen molar-refractivity contribution in [2.45, 2.75) is 32.7 Å². The first-order chi connectivity index (χ1) is 9.44. The quantitative estimate of drug-likeness (QED) is 0.897. The highest BCUT2D eigenvalue weighted by Crippen LogP contribution is 2.18. The molecule has 0 amide bonds. The van der Waals surface area contributed by atoms with Crippen LogP contribution in [-0.2, 0) is 12.8 Å². The van der Waals surface area contributed by atoms with Gasteiger partial charge in [0.25, 0.3) is 0 Å². The zero-order valence-electron chi connectivity index (χ0n) is 11.8. The smallest absolute Gasteiger partial charge is 0.126 e. The van der Waals surface area contributed by atoms with E-state index in [1.165, 1.54) is 22.8 Å². The van der Waals surface area contributed by atoms with Crippen LogP contribution in [0, 0.1) is 19.7 Å². The summed E-state index contributed by atoms with van der Waals surface area (Å²) in [7, 11) is 0. The minimum absolute atomic E-state index is 0.121. The molecule has 0 aliphatic carbocycles. The molecule has 0 aliphatic rings. The van der Waals surface area contributed by atoms with Gasteiger partial charge in [-0.3, -0.25) is 0 Å². The molecule has 20 heavy (non-hydrogen) atoms. The van der Waals surface area contributed by atoms with Crippen LogP contribution >= 0.6 is 11.6 Å². The van der Waals surface area contributed by atoms with Crippen LogP contribution in [0.5, 0.6) is 0 Å². The molecule has 2 N–H and O–H groups in total. The van der Waals surface area contributed by atoms with E-state index in [4.69, 9.17) is 17.3 Å². The van der Waals surface area contributed by atoms with Gasteiger partial charge in [0.1, 0.15) is 5.82 Å². The molecule has 106 valence electrons. The minimum atomic E-state index is -0.245. The van der Waals surface area contributed by atoms with Gasteiger partial charge in [0.05, 0.1) is 0 Å². The second kappa shape index (κ2) is 6.38. The standard InChI is InChI=1S/C17H19ClFN/c1-11-5-12(2)7-13(6-11)8-16(20)10-14-9-15(18)3-4-17(14)19/h3-7,9,16H,8,10,20H2,1-2H3. The first kappa shape index (κ1) is 15.0. The highest BCUT2D eigenvalue weighted by atomic mass is 35.5. The van der Waals surface area contributed by atoms with Gasteiger partial charge < -0.3 is 5.73 Å². The van der Waals surface area contributed by atoms with Gasteiger partial charge in [-0.25, -0.2) is 4.39 Å². The molecule has 1 atom stereocenters. The first-order valence-corrected chi connectivity index (χ1v) is 7.08. The fourth-order valence-electron chi connectivity index (χ4n) is 2.54. The summed E-state index contributed by atoms with van der Waals surface area (Å²) >= 11 is 5.89. The molecule has 0 aromatic heterocycles. The molecule has 0 saturated carbocycles. The summed E-state index contributed by atoms with van der Waals surface area (Å²) in [5.74, 6) is -0.245. The van der Waals surface area contributed by atoms with E-state index < -0.39 is 0 Å². The van der Waals surface area contributed by atoms with Crippen LogP contribution in [0.2, 0.25) is 5.02 Å². The summed E-state index contributed by atoms with van der Waals surface area (Å²) in [4.78, 5) is 0. The Kier molecular flexibility index (Phi) is 4.79. The lowest BCUT2D eigenvalue weighted by molar-refractivity contribution is 0.584. The van der Waals surface area contributed by atoms with Gasteiger partial charge >= 0.3 is 0 Å². The van der Waals surface area contributed by atoms with Crippen LogP contribution in [0.25, 0.3) is 0 Å². The van der Waals surface area contributed by atoms with E-state index in [2.05, 4.69) is 32.0 Å². The van der Waals surface area contributed by atoms with Crippen LogP contribution in [0.4, 0.5) is 4.39 Å². The van der Waals surface area contributed by atoms with Gasteiger partial charge in [0.2, 0.25) is 0 Å². The summed E-state index contributed by atoms with van der Waals surface area (Å²) in [5, 5.41) is 0.542. The van der Waals surface area contributed by atoms with E-state index in [9.17, 15) is 4.39 Å². The fourth-order valence-corrected chi connectivity index (χ4v) is 2.74. The van der Waals surface area contributed by atoms with E-state index in [-0.39, 0.29) is 11.9 Å². The van der Waals surface area contributed by atoms with Crippen molar-refractivity contribution in [2.24, 2.45) is 5.73 Å². The molecular formula is C17H19ClFN. The van der Waals surface area contributed by atoms with Gasteiger partial charge in [-0.1, -0.05) is 40.9 Å². The van der Waals surface area contributed by atoms with Crippen LogP contribution in [-0.4, -0.2) is 6.04 Å². The summed E-state index contributed by atoms with van der Waals surface area (Å²) in [5.41, 5.74) is 10.4. The van der Waals surface area contributed by atoms with Crippen LogP contribution in [0.15, 0.2) is 36.4 Å². The predicted molar refractivity (Wildman–Crippen MR) is 82.7 cm³/mol. The zero-order valence-corrected chi connectivity index (χ0v) is 12.5. The van der Waals surface area contributed by atoms with Crippen molar-refractivity contribution in [1.29, 1.82) is 0 Å². The van der Waals surface area contributed by atoms with Gasteiger partial charge in [-0.05, 0) is 56.0 Å². The van der Waals surface area contributed by atoms with Crippen molar-refractivity contribution in [3.05, 3.63) is 69.5 Å². The number of aryl methyl sites for hydroxylation is 2. The van der Waals surface area contributed by atoms with Crippen molar-refractivity contribution in [3.63, 3.8) is 0 Å². The lowest BCUT2D eigenvalue weighted by atomic mass is 9.97. The Morgan fingerprint density at radius 2 is 1.70 bits per heavy atom. The second-order valence-corrected chi connectivity index (χ2v) is 5.84. The monoisotopic (exact) mass is 291 g/mol. The maximum absolute atomic E-state index is 13.7. The number of halogens is 2. The van der Waals surface area contributed by atoms with Gasteiger partial charge in [0.15, 0.2) is 0 Å². The summed E-state index contributed by atoms with van der Waals surface area (Å²) in [6.45, 7) is 4.14. The normalized spacial score (nSPS) is 12.4. The number of benzene rings is 2. The van der Waals surface area contributed by atoms with Crippen molar-refractivity contribution < 1.29 is 4.39 Å². The molecule has 0 saturated heterocycles. The van der Waals surface area contributed by atoms with Crippen LogP contribution in [0.1, 0.15) is 22.3 Å². The molecule has 1 unspecified atom stereocenters. The summed E-state index contributed by atoms with van der Waals surface area (Å²) in [6, 6.07) is 10.9. The van der Waals surface area contributed by atoms with Gasteiger partial charge in [-0.2, -0.15) is 0 Å². The van der Waals surface area contributed by atoms with E-state index >= 15 is 0 Å². The summed E-state index contributed by atoms with van der Waals surface area (Å²) in [6.07, 6.45) is 1.22. The molecule has 0 bridgehead atoms. The SMILES string of the molecule is Cc1cc(C)cc(CC(N)Cc2cc(Cl)ccc2F)c1. The Hall–Kier alpha value is -1.38. The van der Waals surface area contributed by atoms with Crippen molar-refractivity contribution in [1.82, 2.24) is 0 Å². The Labute approximate surface area is 124 Å². The van der Waals surface area contributed by atoms with Crippen LogP contribution < -0.4 is 5.73 Å². The zero-order chi connectivity index (χ0) is 14.7. The molecule has 1 nitrogen and oxygen atoms in total. The lowest BCUT2D eigenvalue weighted by Gasteiger charge is -2.14. The molecule has 2 aromatic rings. The molecule has 2 rings (SSSR count).